The minimum absolute atomic E-state index is 0.284. The Morgan fingerprint density at radius 1 is 0.667 bits per heavy atom. The average Bonchev–Trinajstić information content (AvgIpc) is 2.94. The van der Waals surface area contributed by atoms with Gasteiger partial charge >= 0.3 is 0 Å². The van der Waals surface area contributed by atoms with Gasteiger partial charge in [0.2, 0.25) is 0 Å². The Morgan fingerprint density at radius 2 is 1.04 bits per heavy atom. The first-order valence-electron chi connectivity index (χ1n) is 8.09. The molecule has 2 saturated carbocycles. The van der Waals surface area contributed by atoms with E-state index in [1.165, 1.54) is 11.1 Å². The fraction of sp³-hybridized carbons (Fsp3) is 0.300. The highest BCUT2D eigenvalue weighted by Crippen LogP contribution is 2.67. The largest absolute Gasteiger partial charge is 0.300 e. The van der Waals surface area contributed by atoms with E-state index >= 15 is 0 Å². The van der Waals surface area contributed by atoms with Crippen LogP contribution in [0.3, 0.4) is 0 Å². The van der Waals surface area contributed by atoms with Gasteiger partial charge in [-0.05, 0) is 46.5 Å². The van der Waals surface area contributed by atoms with Crippen molar-refractivity contribution in [1.29, 1.82) is 0 Å². The van der Waals surface area contributed by atoms with Gasteiger partial charge in [-0.2, -0.15) is 0 Å². The van der Waals surface area contributed by atoms with Crippen LogP contribution in [0.5, 0.6) is 0 Å². The molecule has 0 atom stereocenters. The Kier molecular flexibility index (Phi) is 2.93. The van der Waals surface area contributed by atoms with Gasteiger partial charge in [0, 0.05) is 45.5 Å². The van der Waals surface area contributed by atoms with Crippen LogP contribution in [0.2, 0.25) is 0 Å². The molecule has 4 heteroatoms. The minimum Gasteiger partial charge on any atom is -0.300 e. The number of carbonyl (C=O) groups excluding carboxylic acids is 2. The normalized spacial score (nSPS) is 29.9. The first kappa shape index (κ1) is 15.0. The van der Waals surface area contributed by atoms with Crippen molar-refractivity contribution in [3.63, 3.8) is 0 Å². The Morgan fingerprint density at radius 3 is 1.42 bits per heavy atom. The third kappa shape index (κ3) is 1.66. The van der Waals surface area contributed by atoms with Crippen LogP contribution in [0.1, 0.15) is 36.8 Å². The maximum atomic E-state index is 12.5. The number of Topliss-reactive ketones (excluding diaryl/α,β-unsaturated/α-hetero) is 2. The second-order valence-electron chi connectivity index (χ2n) is 7.33. The molecule has 0 saturated heterocycles. The predicted molar refractivity (Wildman–Crippen MR) is 99.1 cm³/mol. The van der Waals surface area contributed by atoms with Crippen LogP contribution < -0.4 is 0 Å². The molecule has 0 bridgehead atoms. The van der Waals surface area contributed by atoms with E-state index in [4.69, 9.17) is 0 Å². The second-order valence-corrected chi connectivity index (χ2v) is 9.16. The molecule has 24 heavy (non-hydrogen) atoms. The summed E-state index contributed by atoms with van der Waals surface area (Å²) in [5.74, 6) is 0.569. The molecule has 0 spiro atoms. The van der Waals surface area contributed by atoms with Gasteiger partial charge in [0.25, 0.3) is 0 Å². The van der Waals surface area contributed by atoms with Crippen molar-refractivity contribution in [2.45, 2.75) is 36.5 Å². The van der Waals surface area contributed by atoms with Crippen LogP contribution in [0.4, 0.5) is 0 Å². The zero-order valence-corrected chi connectivity index (χ0v) is 16.0. The summed E-state index contributed by atoms with van der Waals surface area (Å²) in [6.07, 6.45) is 1.96. The van der Waals surface area contributed by atoms with Gasteiger partial charge in [-0.25, -0.2) is 0 Å². The van der Waals surface area contributed by atoms with Crippen molar-refractivity contribution < 1.29 is 9.59 Å². The molecule has 5 rings (SSSR count). The summed E-state index contributed by atoms with van der Waals surface area (Å²) in [7, 11) is 0. The lowest BCUT2D eigenvalue weighted by molar-refractivity contribution is -0.120. The highest BCUT2D eigenvalue weighted by Gasteiger charge is 2.67. The van der Waals surface area contributed by atoms with E-state index in [0.717, 1.165) is 20.1 Å². The standard InChI is InChI=1S/C20H14Br2O2/c21-11-1-3-17-15(5-11)16-6-12(22)2-4-18(16)20-9-13(23)7-19(17,20)8-14(24)10-20/h1-6H,7-10H2. The molecule has 3 aliphatic rings. The van der Waals surface area contributed by atoms with Gasteiger partial charge < -0.3 is 0 Å². The van der Waals surface area contributed by atoms with E-state index in [9.17, 15) is 9.59 Å². The number of benzene rings is 2. The number of ketones is 2. The number of fused-ring (bicyclic) bond motifs is 3. The molecule has 0 aromatic heterocycles. The fourth-order valence-electron chi connectivity index (χ4n) is 5.48. The van der Waals surface area contributed by atoms with Crippen LogP contribution in [0.25, 0.3) is 11.1 Å². The maximum absolute atomic E-state index is 12.5. The van der Waals surface area contributed by atoms with Crippen LogP contribution in [-0.4, -0.2) is 11.6 Å². The summed E-state index contributed by atoms with van der Waals surface area (Å²) < 4.78 is 2.04. The summed E-state index contributed by atoms with van der Waals surface area (Å²) in [5, 5.41) is 0. The Bertz CT molecular complexity index is 851. The highest BCUT2D eigenvalue weighted by atomic mass is 79.9. The van der Waals surface area contributed by atoms with Gasteiger partial charge in [-0.3, -0.25) is 9.59 Å². The molecule has 0 radical (unpaired) electrons. The summed E-state index contributed by atoms with van der Waals surface area (Å²) in [6, 6.07) is 12.6. The van der Waals surface area contributed by atoms with E-state index < -0.39 is 0 Å². The SMILES string of the molecule is O=C1CC23CC(=O)CC2(C1)c1ccc(Br)cc1-c1cc(Br)ccc13. The lowest BCUT2D eigenvalue weighted by Crippen LogP contribution is -2.43. The topological polar surface area (TPSA) is 34.1 Å². The molecule has 2 fully saturated rings. The molecule has 0 N–H and O–H groups in total. The van der Waals surface area contributed by atoms with Gasteiger partial charge in [0.05, 0.1) is 0 Å². The van der Waals surface area contributed by atoms with Crippen molar-refractivity contribution in [3.8, 4) is 11.1 Å². The lowest BCUT2D eigenvalue weighted by atomic mass is 9.55. The molecule has 2 aromatic carbocycles. The number of hydrogen-bond donors (Lipinski definition) is 0. The Labute approximate surface area is 156 Å². The van der Waals surface area contributed by atoms with E-state index in [1.54, 1.807) is 0 Å². The zero-order valence-electron chi connectivity index (χ0n) is 12.9. The summed E-state index contributed by atoms with van der Waals surface area (Å²) in [5.41, 5.74) is 3.96. The summed E-state index contributed by atoms with van der Waals surface area (Å²) in [6.45, 7) is 0. The van der Waals surface area contributed by atoms with Crippen molar-refractivity contribution >= 4 is 43.4 Å². The summed E-state index contributed by atoms with van der Waals surface area (Å²) in [4.78, 5) is 25.1. The van der Waals surface area contributed by atoms with Crippen molar-refractivity contribution in [2.75, 3.05) is 0 Å². The molecule has 0 amide bonds. The highest BCUT2D eigenvalue weighted by molar-refractivity contribution is 9.10. The molecule has 2 nitrogen and oxygen atoms in total. The molecular formula is C20H14Br2O2. The van der Waals surface area contributed by atoms with Gasteiger partial charge in [-0.1, -0.05) is 44.0 Å². The molecule has 3 aliphatic carbocycles. The van der Waals surface area contributed by atoms with Crippen molar-refractivity contribution in [3.05, 3.63) is 56.5 Å². The quantitative estimate of drug-likeness (QED) is 0.565. The van der Waals surface area contributed by atoms with E-state index in [2.05, 4.69) is 56.1 Å². The average molecular weight is 446 g/mol. The monoisotopic (exact) mass is 444 g/mol. The third-order valence-corrected chi connectivity index (χ3v) is 7.18. The van der Waals surface area contributed by atoms with Crippen LogP contribution >= 0.6 is 31.9 Å². The first-order chi connectivity index (χ1) is 11.4. The number of halogens is 2. The van der Waals surface area contributed by atoms with Crippen LogP contribution in [0.15, 0.2) is 45.3 Å². The Balaban J connectivity index is 1.95. The smallest absolute Gasteiger partial charge is 0.134 e. The van der Waals surface area contributed by atoms with Crippen molar-refractivity contribution in [1.82, 2.24) is 0 Å². The molecule has 0 aliphatic heterocycles. The second kappa shape index (κ2) is 4.67. The number of hydrogen-bond acceptors (Lipinski definition) is 2. The minimum atomic E-state index is -0.349. The van der Waals surface area contributed by atoms with Crippen LogP contribution in [-0.2, 0) is 20.4 Å². The predicted octanol–water partition coefficient (Wildman–Crippen LogP) is 5.09. The molecule has 2 aromatic rings. The number of rotatable bonds is 0. The van der Waals surface area contributed by atoms with Crippen molar-refractivity contribution in [2.24, 2.45) is 0 Å². The van der Waals surface area contributed by atoms with E-state index in [-0.39, 0.29) is 22.4 Å². The molecule has 0 unspecified atom stereocenters. The van der Waals surface area contributed by atoms with Gasteiger partial charge in [0.1, 0.15) is 11.6 Å². The van der Waals surface area contributed by atoms with E-state index in [1.807, 2.05) is 12.1 Å². The van der Waals surface area contributed by atoms with E-state index in [0.29, 0.717) is 25.7 Å². The van der Waals surface area contributed by atoms with Crippen LogP contribution in [0, 0.1) is 0 Å². The lowest BCUT2D eigenvalue weighted by Gasteiger charge is -2.46. The maximum Gasteiger partial charge on any atom is 0.134 e. The first-order valence-corrected chi connectivity index (χ1v) is 9.68. The molecule has 0 heterocycles. The third-order valence-electron chi connectivity index (χ3n) is 6.20. The van der Waals surface area contributed by atoms with Gasteiger partial charge in [0.15, 0.2) is 0 Å². The Hall–Kier alpha value is -1.26. The van der Waals surface area contributed by atoms with Gasteiger partial charge in [-0.15, -0.1) is 0 Å². The number of carbonyl (C=O) groups is 2. The molecule has 120 valence electrons. The molecular weight excluding hydrogens is 432 g/mol. The zero-order chi connectivity index (χ0) is 16.7. The fourth-order valence-corrected chi connectivity index (χ4v) is 6.20. The summed E-state index contributed by atoms with van der Waals surface area (Å²) >= 11 is 7.16.